The number of Topliss-reactive ketones (excluding diaryl/α,β-unsaturated/α-hetero) is 1. The van der Waals surface area contributed by atoms with Crippen molar-refractivity contribution < 1.29 is 9.18 Å². The van der Waals surface area contributed by atoms with E-state index < -0.39 is 0 Å². The van der Waals surface area contributed by atoms with Crippen LogP contribution in [0.4, 0.5) is 4.39 Å². The molecule has 1 nitrogen and oxygen atoms in total. The van der Waals surface area contributed by atoms with E-state index in [4.69, 9.17) is 0 Å². The van der Waals surface area contributed by atoms with Gasteiger partial charge in [-0.15, -0.1) is 0 Å². The number of rotatable bonds is 7. The van der Waals surface area contributed by atoms with Gasteiger partial charge in [-0.05, 0) is 42.4 Å². The maximum atomic E-state index is 12.7. The van der Waals surface area contributed by atoms with Gasteiger partial charge in [-0.3, -0.25) is 4.79 Å². The van der Waals surface area contributed by atoms with Crippen molar-refractivity contribution in [3.8, 4) is 0 Å². The summed E-state index contributed by atoms with van der Waals surface area (Å²) in [5.41, 5.74) is 0.607. The first-order chi connectivity index (χ1) is 8.09. The zero-order valence-corrected chi connectivity index (χ0v) is 11.2. The predicted octanol–water partition coefficient (Wildman–Crippen LogP) is 4.18. The van der Waals surface area contributed by atoms with Crippen molar-refractivity contribution in [1.82, 2.24) is 0 Å². The third-order valence-electron chi connectivity index (χ3n) is 2.48. The Morgan fingerprint density at radius 2 is 1.88 bits per heavy atom. The number of benzene rings is 1. The summed E-state index contributed by atoms with van der Waals surface area (Å²) in [6, 6.07) is 5.77. The van der Waals surface area contributed by atoms with Gasteiger partial charge in [0, 0.05) is 17.7 Å². The SMILES string of the molecule is CC(C)CCSCCC(=O)c1ccc(F)cc1. The van der Waals surface area contributed by atoms with Gasteiger partial charge in [-0.1, -0.05) is 13.8 Å². The van der Waals surface area contributed by atoms with Crippen LogP contribution in [-0.4, -0.2) is 17.3 Å². The molecular formula is C14H19FOS. The van der Waals surface area contributed by atoms with E-state index in [0.29, 0.717) is 12.0 Å². The van der Waals surface area contributed by atoms with Crippen LogP contribution >= 0.6 is 11.8 Å². The van der Waals surface area contributed by atoms with Crippen LogP contribution in [0.2, 0.25) is 0 Å². The predicted molar refractivity (Wildman–Crippen MR) is 72.1 cm³/mol. The summed E-state index contributed by atoms with van der Waals surface area (Å²) in [5.74, 6) is 2.47. The zero-order valence-electron chi connectivity index (χ0n) is 10.4. The molecular weight excluding hydrogens is 235 g/mol. The molecule has 0 saturated heterocycles. The molecule has 0 fully saturated rings. The lowest BCUT2D eigenvalue weighted by Crippen LogP contribution is -2.01. The van der Waals surface area contributed by atoms with Crippen LogP contribution in [0.1, 0.15) is 37.0 Å². The van der Waals surface area contributed by atoms with Crippen LogP contribution in [-0.2, 0) is 0 Å². The van der Waals surface area contributed by atoms with E-state index in [1.807, 2.05) is 11.8 Å². The van der Waals surface area contributed by atoms with Gasteiger partial charge >= 0.3 is 0 Å². The lowest BCUT2D eigenvalue weighted by molar-refractivity contribution is 0.0989. The van der Waals surface area contributed by atoms with Gasteiger partial charge in [-0.25, -0.2) is 4.39 Å². The largest absolute Gasteiger partial charge is 0.294 e. The van der Waals surface area contributed by atoms with Gasteiger partial charge in [-0.2, -0.15) is 11.8 Å². The monoisotopic (exact) mass is 254 g/mol. The van der Waals surface area contributed by atoms with Gasteiger partial charge in [0.2, 0.25) is 0 Å². The smallest absolute Gasteiger partial charge is 0.163 e. The second kappa shape index (κ2) is 7.49. The maximum Gasteiger partial charge on any atom is 0.163 e. The van der Waals surface area contributed by atoms with E-state index in [9.17, 15) is 9.18 Å². The molecule has 0 unspecified atom stereocenters. The minimum Gasteiger partial charge on any atom is -0.294 e. The molecule has 0 aliphatic rings. The van der Waals surface area contributed by atoms with E-state index in [1.54, 1.807) is 12.1 Å². The number of hydrogen-bond acceptors (Lipinski definition) is 2. The quantitative estimate of drug-likeness (QED) is 0.536. The summed E-state index contributed by atoms with van der Waals surface area (Å²) < 4.78 is 12.7. The first-order valence-electron chi connectivity index (χ1n) is 5.96. The molecule has 1 rings (SSSR count). The lowest BCUT2D eigenvalue weighted by atomic mass is 10.1. The Bertz CT molecular complexity index is 346. The van der Waals surface area contributed by atoms with Gasteiger partial charge < -0.3 is 0 Å². The molecule has 0 aromatic heterocycles. The molecule has 0 amide bonds. The van der Waals surface area contributed by atoms with E-state index >= 15 is 0 Å². The molecule has 0 bridgehead atoms. The number of thioether (sulfide) groups is 1. The maximum absolute atomic E-state index is 12.7. The Morgan fingerprint density at radius 1 is 1.24 bits per heavy atom. The van der Waals surface area contributed by atoms with Crippen LogP contribution in [0.3, 0.4) is 0 Å². The van der Waals surface area contributed by atoms with E-state index in [0.717, 1.165) is 17.4 Å². The number of carbonyl (C=O) groups excluding carboxylic acids is 1. The second-order valence-electron chi connectivity index (χ2n) is 4.47. The first-order valence-corrected chi connectivity index (χ1v) is 7.11. The summed E-state index contributed by atoms with van der Waals surface area (Å²) in [7, 11) is 0. The average molecular weight is 254 g/mol. The Kier molecular flexibility index (Phi) is 6.27. The lowest BCUT2D eigenvalue weighted by Gasteiger charge is -2.04. The van der Waals surface area contributed by atoms with Crippen LogP contribution < -0.4 is 0 Å². The van der Waals surface area contributed by atoms with Crippen molar-refractivity contribution in [3.05, 3.63) is 35.6 Å². The number of carbonyl (C=O) groups is 1. The number of hydrogen-bond donors (Lipinski definition) is 0. The van der Waals surface area contributed by atoms with Crippen LogP contribution in [0, 0.1) is 11.7 Å². The Balaban J connectivity index is 2.23. The molecule has 0 spiro atoms. The van der Waals surface area contributed by atoms with Crippen molar-refractivity contribution in [2.45, 2.75) is 26.7 Å². The highest BCUT2D eigenvalue weighted by Crippen LogP contribution is 2.12. The third-order valence-corrected chi connectivity index (χ3v) is 3.50. The number of ketones is 1. The molecule has 0 N–H and O–H groups in total. The molecule has 0 radical (unpaired) electrons. The Morgan fingerprint density at radius 3 is 2.47 bits per heavy atom. The summed E-state index contributed by atoms with van der Waals surface area (Å²) in [4.78, 5) is 11.7. The van der Waals surface area contributed by atoms with Crippen molar-refractivity contribution in [2.75, 3.05) is 11.5 Å². The highest BCUT2D eigenvalue weighted by molar-refractivity contribution is 7.99. The topological polar surface area (TPSA) is 17.1 Å². The molecule has 0 saturated carbocycles. The third kappa shape index (κ3) is 5.87. The van der Waals surface area contributed by atoms with Crippen molar-refractivity contribution >= 4 is 17.5 Å². The minimum absolute atomic E-state index is 0.0991. The van der Waals surface area contributed by atoms with Gasteiger partial charge in [0.15, 0.2) is 5.78 Å². The molecule has 1 aromatic rings. The van der Waals surface area contributed by atoms with Crippen LogP contribution in [0.5, 0.6) is 0 Å². The summed E-state index contributed by atoms with van der Waals surface area (Å²) in [6.07, 6.45) is 1.73. The highest BCUT2D eigenvalue weighted by Gasteiger charge is 2.05. The normalized spacial score (nSPS) is 10.8. The Hall–Kier alpha value is -0.830. The van der Waals surface area contributed by atoms with Crippen molar-refractivity contribution in [3.63, 3.8) is 0 Å². The highest BCUT2D eigenvalue weighted by atomic mass is 32.2. The molecule has 0 aliphatic heterocycles. The fourth-order valence-corrected chi connectivity index (χ4v) is 2.54. The average Bonchev–Trinajstić information content (AvgIpc) is 2.29. The molecule has 3 heteroatoms. The first kappa shape index (κ1) is 14.2. The van der Waals surface area contributed by atoms with Gasteiger partial charge in [0.05, 0.1) is 0 Å². The molecule has 1 aromatic carbocycles. The van der Waals surface area contributed by atoms with Gasteiger partial charge in [0.1, 0.15) is 5.82 Å². The zero-order chi connectivity index (χ0) is 12.7. The van der Waals surface area contributed by atoms with Crippen molar-refractivity contribution in [1.29, 1.82) is 0 Å². The molecule has 0 atom stereocenters. The van der Waals surface area contributed by atoms with E-state index in [-0.39, 0.29) is 11.6 Å². The van der Waals surface area contributed by atoms with E-state index in [2.05, 4.69) is 13.8 Å². The Labute approximate surface area is 107 Å². The minimum atomic E-state index is -0.298. The van der Waals surface area contributed by atoms with Gasteiger partial charge in [0.25, 0.3) is 0 Å². The summed E-state index contributed by atoms with van der Waals surface area (Å²) in [6.45, 7) is 4.40. The molecule has 0 heterocycles. The van der Waals surface area contributed by atoms with Crippen LogP contribution in [0.15, 0.2) is 24.3 Å². The molecule has 94 valence electrons. The van der Waals surface area contributed by atoms with Crippen LogP contribution in [0.25, 0.3) is 0 Å². The fourth-order valence-electron chi connectivity index (χ4n) is 1.37. The standard InChI is InChI=1S/C14H19FOS/c1-11(2)7-9-17-10-8-14(16)12-3-5-13(15)6-4-12/h3-6,11H,7-10H2,1-2H3. The summed E-state index contributed by atoms with van der Waals surface area (Å²) >= 11 is 1.81. The van der Waals surface area contributed by atoms with Crippen molar-refractivity contribution in [2.24, 2.45) is 5.92 Å². The fraction of sp³-hybridized carbons (Fsp3) is 0.500. The second-order valence-corrected chi connectivity index (χ2v) is 5.70. The molecule has 17 heavy (non-hydrogen) atoms. The summed E-state index contributed by atoms with van der Waals surface area (Å²) in [5, 5.41) is 0. The van der Waals surface area contributed by atoms with E-state index in [1.165, 1.54) is 18.6 Å². The number of halogens is 1. The molecule has 0 aliphatic carbocycles.